The Hall–Kier alpha value is -1.34. The second-order valence-electron chi connectivity index (χ2n) is 4.99. The minimum atomic E-state index is -0.243. The Morgan fingerprint density at radius 2 is 2.00 bits per heavy atom. The normalized spacial score (nSPS) is 11.2. The molecule has 98 valence electrons. The van der Waals surface area contributed by atoms with Gasteiger partial charge in [0.1, 0.15) is 6.61 Å². The molecule has 2 N–H and O–H groups in total. The molecule has 0 aromatic heterocycles. The summed E-state index contributed by atoms with van der Waals surface area (Å²) in [6.45, 7) is 4.75. The molecular formula is C15H21NO2. The minimum Gasteiger partial charge on any atom is -0.394 e. The van der Waals surface area contributed by atoms with E-state index in [2.05, 4.69) is 16.7 Å². The fourth-order valence-electron chi connectivity index (χ4n) is 1.50. The van der Waals surface area contributed by atoms with Gasteiger partial charge in [-0.2, -0.15) is 0 Å². The molecule has 0 atom stereocenters. The molecule has 0 heterocycles. The van der Waals surface area contributed by atoms with E-state index < -0.39 is 0 Å². The first-order valence-corrected chi connectivity index (χ1v) is 6.00. The average molecular weight is 247 g/mol. The summed E-state index contributed by atoms with van der Waals surface area (Å²) in [6, 6.07) is 7.92. The molecule has 3 nitrogen and oxygen atoms in total. The Labute approximate surface area is 109 Å². The second-order valence-corrected chi connectivity index (χ2v) is 4.99. The Morgan fingerprint density at radius 3 is 2.61 bits per heavy atom. The van der Waals surface area contributed by atoms with Crippen LogP contribution in [-0.4, -0.2) is 40.9 Å². The molecule has 1 aromatic carbocycles. The topological polar surface area (TPSA) is 43.7 Å². The van der Waals surface area contributed by atoms with Crippen LogP contribution in [-0.2, 0) is 6.54 Å². The lowest BCUT2D eigenvalue weighted by Gasteiger charge is -2.33. The van der Waals surface area contributed by atoms with Crippen molar-refractivity contribution in [3.05, 3.63) is 35.4 Å². The van der Waals surface area contributed by atoms with Crippen LogP contribution in [0.1, 0.15) is 25.0 Å². The summed E-state index contributed by atoms with van der Waals surface area (Å²) in [4.78, 5) is 2.10. The zero-order chi connectivity index (χ0) is 13.6. The molecule has 0 aliphatic carbocycles. The van der Waals surface area contributed by atoms with Crippen molar-refractivity contribution in [1.82, 2.24) is 4.90 Å². The molecule has 0 amide bonds. The van der Waals surface area contributed by atoms with Gasteiger partial charge in [0.25, 0.3) is 0 Å². The maximum atomic E-state index is 9.32. The summed E-state index contributed by atoms with van der Waals surface area (Å²) < 4.78 is 0. The van der Waals surface area contributed by atoms with E-state index in [1.54, 1.807) is 0 Å². The van der Waals surface area contributed by atoms with E-state index >= 15 is 0 Å². The van der Waals surface area contributed by atoms with Gasteiger partial charge in [-0.3, -0.25) is 4.90 Å². The van der Waals surface area contributed by atoms with Crippen LogP contribution in [0.5, 0.6) is 0 Å². The highest BCUT2D eigenvalue weighted by Gasteiger charge is 2.22. The molecule has 0 saturated carbocycles. The molecule has 1 rings (SSSR count). The van der Waals surface area contributed by atoms with Crippen molar-refractivity contribution >= 4 is 0 Å². The van der Waals surface area contributed by atoms with Crippen LogP contribution in [0.25, 0.3) is 0 Å². The third-order valence-electron chi connectivity index (χ3n) is 3.08. The summed E-state index contributed by atoms with van der Waals surface area (Å²) in [5.41, 5.74) is 1.80. The first-order chi connectivity index (χ1) is 8.49. The Balaban J connectivity index is 2.79. The van der Waals surface area contributed by atoms with Crippen LogP contribution in [0.15, 0.2) is 24.3 Å². The van der Waals surface area contributed by atoms with Gasteiger partial charge in [-0.25, -0.2) is 0 Å². The lowest BCUT2D eigenvalue weighted by atomic mass is 10.0. The third-order valence-corrected chi connectivity index (χ3v) is 3.08. The van der Waals surface area contributed by atoms with E-state index in [0.29, 0.717) is 0 Å². The largest absolute Gasteiger partial charge is 0.394 e. The quantitative estimate of drug-likeness (QED) is 0.787. The molecule has 0 spiro atoms. The predicted octanol–water partition coefficient (Wildman–Crippen LogP) is 1.23. The number of nitrogens with zero attached hydrogens (tertiary/aromatic N) is 1. The molecule has 0 unspecified atom stereocenters. The van der Waals surface area contributed by atoms with E-state index in [1.165, 1.54) is 0 Å². The van der Waals surface area contributed by atoms with Crippen molar-refractivity contribution in [2.24, 2.45) is 0 Å². The van der Waals surface area contributed by atoms with E-state index in [4.69, 9.17) is 5.11 Å². The van der Waals surface area contributed by atoms with E-state index in [9.17, 15) is 5.11 Å². The fourth-order valence-corrected chi connectivity index (χ4v) is 1.50. The van der Waals surface area contributed by atoms with Crippen LogP contribution in [0.3, 0.4) is 0 Å². The van der Waals surface area contributed by atoms with Gasteiger partial charge in [0, 0.05) is 17.6 Å². The van der Waals surface area contributed by atoms with Gasteiger partial charge >= 0.3 is 0 Å². The standard InChI is InChI=1S/C15H21NO2/c1-15(2,12-18)16(3)11-14-7-4-6-13(10-14)8-5-9-17/h4,6-7,10,17-18H,9,11-12H2,1-3H3. The maximum Gasteiger partial charge on any atom is 0.104 e. The van der Waals surface area contributed by atoms with Crippen molar-refractivity contribution in [1.29, 1.82) is 0 Å². The molecule has 18 heavy (non-hydrogen) atoms. The molecule has 3 heteroatoms. The predicted molar refractivity (Wildman–Crippen MR) is 73.0 cm³/mol. The minimum absolute atomic E-state index is 0.119. The van der Waals surface area contributed by atoms with Crippen LogP contribution in [0, 0.1) is 11.8 Å². The number of aliphatic hydroxyl groups excluding tert-OH is 2. The smallest absolute Gasteiger partial charge is 0.104 e. The molecule has 0 aliphatic heterocycles. The van der Waals surface area contributed by atoms with Gasteiger partial charge in [0.2, 0.25) is 0 Å². The molecular weight excluding hydrogens is 226 g/mol. The number of hydrogen-bond acceptors (Lipinski definition) is 3. The number of benzene rings is 1. The summed E-state index contributed by atoms with van der Waals surface area (Å²) in [5, 5.41) is 18.0. The van der Waals surface area contributed by atoms with Gasteiger partial charge in [0.15, 0.2) is 0 Å². The molecule has 0 saturated heterocycles. The summed E-state index contributed by atoms with van der Waals surface area (Å²) in [5.74, 6) is 5.53. The highest BCUT2D eigenvalue weighted by Crippen LogP contribution is 2.15. The van der Waals surface area contributed by atoms with Crippen molar-refractivity contribution in [3.63, 3.8) is 0 Å². The van der Waals surface area contributed by atoms with E-state index in [1.807, 2.05) is 45.2 Å². The summed E-state index contributed by atoms with van der Waals surface area (Å²) >= 11 is 0. The number of rotatable bonds is 4. The zero-order valence-electron chi connectivity index (χ0n) is 11.3. The van der Waals surface area contributed by atoms with Gasteiger partial charge in [-0.05, 0) is 38.6 Å². The van der Waals surface area contributed by atoms with Gasteiger partial charge < -0.3 is 10.2 Å². The highest BCUT2D eigenvalue weighted by molar-refractivity contribution is 5.37. The van der Waals surface area contributed by atoms with Crippen molar-refractivity contribution in [2.45, 2.75) is 25.9 Å². The van der Waals surface area contributed by atoms with Crippen LogP contribution in [0.4, 0.5) is 0 Å². The number of hydrogen-bond donors (Lipinski definition) is 2. The van der Waals surface area contributed by atoms with E-state index in [0.717, 1.165) is 17.7 Å². The molecule has 0 aliphatic rings. The Bertz CT molecular complexity index is 443. The van der Waals surface area contributed by atoms with Gasteiger partial charge in [-0.1, -0.05) is 24.0 Å². The summed E-state index contributed by atoms with van der Waals surface area (Å²) in [6.07, 6.45) is 0. The molecule has 0 bridgehead atoms. The second kappa shape index (κ2) is 6.55. The first kappa shape index (κ1) is 14.7. The average Bonchev–Trinajstić information content (AvgIpc) is 2.36. The highest BCUT2D eigenvalue weighted by atomic mass is 16.3. The van der Waals surface area contributed by atoms with Crippen molar-refractivity contribution < 1.29 is 10.2 Å². The Kier molecular flexibility index (Phi) is 5.36. The third kappa shape index (κ3) is 4.15. The monoisotopic (exact) mass is 247 g/mol. The first-order valence-electron chi connectivity index (χ1n) is 6.00. The fraction of sp³-hybridized carbons (Fsp3) is 0.467. The Morgan fingerprint density at radius 1 is 1.28 bits per heavy atom. The molecule has 0 fully saturated rings. The molecule has 0 radical (unpaired) electrons. The van der Waals surface area contributed by atoms with Crippen molar-refractivity contribution in [2.75, 3.05) is 20.3 Å². The van der Waals surface area contributed by atoms with Gasteiger partial charge in [-0.15, -0.1) is 0 Å². The lowest BCUT2D eigenvalue weighted by Crippen LogP contribution is -2.43. The van der Waals surface area contributed by atoms with Crippen LogP contribution < -0.4 is 0 Å². The van der Waals surface area contributed by atoms with E-state index in [-0.39, 0.29) is 18.8 Å². The number of likely N-dealkylation sites (N-methyl/N-ethyl adjacent to an activating group) is 1. The van der Waals surface area contributed by atoms with Crippen LogP contribution in [0.2, 0.25) is 0 Å². The summed E-state index contributed by atoms with van der Waals surface area (Å²) in [7, 11) is 1.99. The van der Waals surface area contributed by atoms with Crippen molar-refractivity contribution in [3.8, 4) is 11.8 Å². The molecule has 1 aromatic rings. The number of aliphatic hydroxyl groups is 2. The zero-order valence-corrected chi connectivity index (χ0v) is 11.3. The SMILES string of the molecule is CN(Cc1cccc(C#CCO)c1)C(C)(C)CO. The maximum absolute atomic E-state index is 9.32. The van der Waals surface area contributed by atoms with Crippen LogP contribution >= 0.6 is 0 Å². The lowest BCUT2D eigenvalue weighted by molar-refractivity contribution is 0.0734. The van der Waals surface area contributed by atoms with Gasteiger partial charge in [0.05, 0.1) is 6.61 Å².